The summed E-state index contributed by atoms with van der Waals surface area (Å²) in [5.74, 6) is 0. The normalized spacial score (nSPS) is 12.9. The lowest BCUT2D eigenvalue weighted by molar-refractivity contribution is 0.646. The van der Waals surface area contributed by atoms with Gasteiger partial charge in [-0.1, -0.05) is 175 Å². The second-order valence-corrected chi connectivity index (χ2v) is 14.9. The van der Waals surface area contributed by atoms with Gasteiger partial charge in [0.05, 0.1) is 0 Å². The fourth-order valence-corrected chi connectivity index (χ4v) is 9.13. The van der Waals surface area contributed by atoms with Crippen LogP contribution in [0, 0.1) is 0 Å². The number of nitrogens with zero attached hydrogens (tertiary/aromatic N) is 2. The van der Waals surface area contributed by atoms with Crippen molar-refractivity contribution in [3.63, 3.8) is 0 Å². The van der Waals surface area contributed by atoms with Gasteiger partial charge in [-0.3, -0.25) is 9.97 Å². The van der Waals surface area contributed by atoms with E-state index in [1.165, 1.54) is 76.4 Å². The van der Waals surface area contributed by atoms with Crippen LogP contribution in [0.15, 0.2) is 182 Å². The fourth-order valence-electron chi connectivity index (χ4n) is 9.13. The third-order valence-electron chi connectivity index (χ3n) is 11.6. The molecule has 1 aliphatic carbocycles. The highest BCUT2D eigenvalue weighted by Crippen LogP contribution is 2.50. The van der Waals surface area contributed by atoms with Crippen LogP contribution < -0.4 is 33.0 Å². The van der Waals surface area contributed by atoms with Crippen molar-refractivity contribution in [1.82, 2.24) is 9.97 Å². The van der Waals surface area contributed by atoms with E-state index >= 15 is 0 Å². The zero-order valence-corrected chi connectivity index (χ0v) is 29.9. The van der Waals surface area contributed by atoms with Crippen molar-refractivity contribution >= 4 is 78.8 Å². The minimum Gasteiger partial charge on any atom is -0.270 e. The zero-order valence-electron chi connectivity index (χ0n) is 29.9. The van der Waals surface area contributed by atoms with Crippen LogP contribution >= 0.6 is 0 Å². The minimum absolute atomic E-state index is 0.00947. The largest absolute Gasteiger partial charge is 0.270 e. The highest BCUT2D eigenvalue weighted by Gasteiger charge is 2.36. The van der Waals surface area contributed by atoms with Gasteiger partial charge in [0.1, 0.15) is 0 Å². The molecule has 0 unspecified atom stereocenters. The highest BCUT2D eigenvalue weighted by atomic mass is 14.6. The molecule has 9 aromatic rings. The molecule has 10 rings (SSSR count). The maximum Gasteiger partial charge on any atom is 0.265 e. The molecule has 0 amide bonds. The Kier molecular flexibility index (Phi) is 7.40. The third-order valence-corrected chi connectivity index (χ3v) is 11.6. The van der Waals surface area contributed by atoms with Crippen molar-refractivity contribution in [2.45, 2.75) is 19.3 Å². The molecule has 53 heavy (non-hydrogen) atoms. The minimum atomic E-state index is -0.225. The smallest absolute Gasteiger partial charge is 0.265 e. The maximum absolute atomic E-state index is 4.93. The molecule has 0 saturated carbocycles. The third kappa shape index (κ3) is 5.04. The summed E-state index contributed by atoms with van der Waals surface area (Å²) in [6.45, 7) is 4.82. The van der Waals surface area contributed by atoms with E-state index in [0.29, 0.717) is 0 Å². The van der Waals surface area contributed by atoms with Crippen LogP contribution in [0.2, 0.25) is 0 Å². The van der Waals surface area contributed by atoms with Crippen LogP contribution in [-0.4, -0.2) is 23.4 Å². The highest BCUT2D eigenvalue weighted by molar-refractivity contribution is 6.96. The number of hydrogen-bond acceptors (Lipinski definition) is 2. The summed E-state index contributed by atoms with van der Waals surface area (Å²) in [5.41, 5.74) is 12.2. The van der Waals surface area contributed by atoms with Crippen molar-refractivity contribution in [2.24, 2.45) is 0 Å². The molecule has 7 aromatic carbocycles. The molecule has 0 fully saturated rings. The lowest BCUT2D eigenvalue weighted by atomic mass is 9.37. The molecule has 2 heterocycles. The first-order valence-electron chi connectivity index (χ1n) is 18.6. The van der Waals surface area contributed by atoms with E-state index in [0.717, 1.165) is 11.2 Å². The average molecular weight is 674 g/mol. The zero-order chi connectivity index (χ0) is 35.5. The molecule has 248 valence electrons. The summed E-state index contributed by atoms with van der Waals surface area (Å²) < 4.78 is 0. The number of hydrogen-bond donors (Lipinski definition) is 0. The van der Waals surface area contributed by atoms with E-state index in [2.05, 4.69) is 172 Å². The van der Waals surface area contributed by atoms with Gasteiger partial charge < -0.3 is 0 Å². The fraction of sp³-hybridized carbons (Fsp3) is 0.0612. The summed E-state index contributed by atoms with van der Waals surface area (Å²) in [4.78, 5) is 9.79. The molecule has 0 spiro atoms. The van der Waals surface area contributed by atoms with Crippen molar-refractivity contribution < 1.29 is 0 Å². The Morgan fingerprint density at radius 2 is 0.981 bits per heavy atom. The van der Waals surface area contributed by atoms with E-state index in [-0.39, 0.29) is 18.8 Å². The second-order valence-electron chi connectivity index (χ2n) is 14.9. The second kappa shape index (κ2) is 12.5. The van der Waals surface area contributed by atoms with Crippen LogP contribution in [-0.2, 0) is 5.41 Å². The number of pyridine rings is 2. The quantitative estimate of drug-likeness (QED) is 0.137. The summed E-state index contributed by atoms with van der Waals surface area (Å²) >= 11 is 0. The molecule has 2 nitrogen and oxygen atoms in total. The van der Waals surface area contributed by atoms with Crippen LogP contribution in [0.1, 0.15) is 25.0 Å². The van der Waals surface area contributed by atoms with Gasteiger partial charge in [-0.15, -0.1) is 0 Å². The van der Waals surface area contributed by atoms with Gasteiger partial charge in [-0.2, -0.15) is 0 Å². The molecule has 2 aromatic heterocycles. The summed E-state index contributed by atoms with van der Waals surface area (Å²) in [7, 11) is 0. The molecule has 0 aliphatic heterocycles. The standard InChI is InChI=1S/C49H36B2N2/c1-49(2)43-23-15-22-39-41-32-45(51(34-18-7-4-8-19-34)47-25-12-14-29-53-47)38-21-10-9-20-36(38)40(41)31-42(48(39)43)37-27-26-35(30-44(37)49)50(33-16-5-3-6-17-33)46-24-11-13-28-52-46/h3-32H,1-2H3. The molecule has 0 saturated heterocycles. The molecular formula is C49H36B2N2. The Morgan fingerprint density at radius 3 is 1.66 bits per heavy atom. The molecule has 4 heteroatoms. The Hall–Kier alpha value is -6.25. The monoisotopic (exact) mass is 674 g/mol. The van der Waals surface area contributed by atoms with Gasteiger partial charge in [0, 0.05) is 29.0 Å². The van der Waals surface area contributed by atoms with Crippen molar-refractivity contribution in [2.75, 3.05) is 0 Å². The predicted octanol–water partition coefficient (Wildman–Crippen LogP) is 7.27. The first-order valence-corrected chi connectivity index (χ1v) is 18.6. The number of aromatic nitrogens is 2. The van der Waals surface area contributed by atoms with Crippen molar-refractivity contribution in [1.29, 1.82) is 0 Å². The lowest BCUT2D eigenvalue weighted by Crippen LogP contribution is -2.53. The molecule has 0 atom stereocenters. The SMILES string of the molecule is CC1(C)c2cc(B(c3ccccc3)c3ccccn3)ccc2-c2cc3c4ccccc4c(B(c4ccccc4)c4ccccn4)cc3c3cccc1c23. The number of benzene rings is 7. The summed E-state index contributed by atoms with van der Waals surface area (Å²) in [5, 5.41) is 7.74. The average Bonchev–Trinajstić information content (AvgIpc) is 3.22. The Bertz CT molecular complexity index is 2720. The van der Waals surface area contributed by atoms with Gasteiger partial charge >= 0.3 is 0 Å². The lowest BCUT2D eigenvalue weighted by Gasteiger charge is -2.36. The Balaban J connectivity index is 1.24. The molecule has 0 bridgehead atoms. The van der Waals surface area contributed by atoms with Crippen LogP contribution in [0.3, 0.4) is 0 Å². The van der Waals surface area contributed by atoms with Crippen LogP contribution in [0.4, 0.5) is 0 Å². The van der Waals surface area contributed by atoms with E-state index in [4.69, 9.17) is 9.97 Å². The summed E-state index contributed by atoms with van der Waals surface area (Å²) in [6.07, 6.45) is 3.82. The first-order chi connectivity index (χ1) is 26.1. The van der Waals surface area contributed by atoms with Crippen molar-refractivity contribution in [3.05, 3.63) is 193 Å². The topological polar surface area (TPSA) is 25.8 Å². The van der Waals surface area contributed by atoms with E-state index in [9.17, 15) is 0 Å². The van der Waals surface area contributed by atoms with Gasteiger partial charge in [0.2, 0.25) is 0 Å². The Labute approximate surface area is 311 Å². The predicted molar refractivity (Wildman–Crippen MR) is 227 cm³/mol. The van der Waals surface area contributed by atoms with Gasteiger partial charge in [0.15, 0.2) is 0 Å². The molecule has 0 N–H and O–H groups in total. The number of fused-ring (bicyclic) bond motifs is 6. The van der Waals surface area contributed by atoms with E-state index in [1.807, 2.05) is 24.5 Å². The number of rotatable bonds is 6. The molecular weight excluding hydrogens is 638 g/mol. The molecule has 1 aliphatic rings. The maximum atomic E-state index is 4.93. The van der Waals surface area contributed by atoms with E-state index in [1.54, 1.807) is 0 Å². The van der Waals surface area contributed by atoms with Crippen LogP contribution in [0.5, 0.6) is 0 Å². The van der Waals surface area contributed by atoms with Crippen molar-refractivity contribution in [3.8, 4) is 11.1 Å². The first kappa shape index (κ1) is 31.5. The van der Waals surface area contributed by atoms with E-state index < -0.39 is 0 Å². The Morgan fingerprint density at radius 1 is 0.396 bits per heavy atom. The van der Waals surface area contributed by atoms with Crippen LogP contribution in [0.25, 0.3) is 43.4 Å². The van der Waals surface area contributed by atoms with Gasteiger partial charge in [-0.25, -0.2) is 0 Å². The van der Waals surface area contributed by atoms with Gasteiger partial charge in [-0.05, 0) is 84.9 Å². The van der Waals surface area contributed by atoms with Gasteiger partial charge in [0.25, 0.3) is 13.4 Å². The molecule has 0 radical (unpaired) electrons. The summed E-state index contributed by atoms with van der Waals surface area (Å²) in [6, 6.07) is 62.2.